The maximum Gasteiger partial charge on any atom is 0.0466 e. The predicted molar refractivity (Wildman–Crippen MR) is 58.5 cm³/mol. The molecule has 1 unspecified atom stereocenters. The van der Waals surface area contributed by atoms with E-state index in [2.05, 4.69) is 22.4 Å². The number of nitrogens with zero attached hydrogens (tertiary/aromatic N) is 1. The molecule has 0 amide bonds. The molecule has 2 heteroatoms. The van der Waals surface area contributed by atoms with E-state index in [1.807, 2.05) is 13.2 Å². The molecule has 0 aliphatic heterocycles. The quantitative estimate of drug-likeness (QED) is 0.789. The van der Waals surface area contributed by atoms with Gasteiger partial charge in [-0.1, -0.05) is 6.07 Å². The molecule has 0 saturated heterocycles. The highest BCUT2D eigenvalue weighted by molar-refractivity contribution is 5.25. The predicted octanol–water partition coefficient (Wildman–Crippen LogP) is 2.11. The maximum atomic E-state index is 4.53. The summed E-state index contributed by atoms with van der Waals surface area (Å²) in [6.07, 6.45) is 7.01. The Labute approximate surface area is 85.7 Å². The molecule has 0 fully saturated rings. The zero-order chi connectivity index (χ0) is 9.80. The number of rotatable bonds is 3. The summed E-state index contributed by atoms with van der Waals surface area (Å²) in [6, 6.07) is 4.28. The summed E-state index contributed by atoms with van der Waals surface area (Å²) in [5.74, 6) is 0.687. The Balaban J connectivity index is 2.14. The second-order valence-corrected chi connectivity index (χ2v) is 4.03. The maximum absolute atomic E-state index is 4.53. The molecule has 1 aromatic heterocycles. The first kappa shape index (κ1) is 9.66. The number of nitrogens with one attached hydrogen (secondary N) is 1. The van der Waals surface area contributed by atoms with E-state index in [-0.39, 0.29) is 0 Å². The van der Waals surface area contributed by atoms with E-state index in [0.29, 0.717) is 5.92 Å². The van der Waals surface area contributed by atoms with Crippen molar-refractivity contribution in [1.82, 2.24) is 10.3 Å². The third-order valence-electron chi connectivity index (χ3n) is 3.05. The molecule has 1 N–H and O–H groups in total. The van der Waals surface area contributed by atoms with Gasteiger partial charge in [0.1, 0.15) is 0 Å². The average Bonchev–Trinajstić information content (AvgIpc) is 2.26. The lowest BCUT2D eigenvalue weighted by Crippen LogP contribution is -2.17. The number of aryl methyl sites for hydroxylation is 1. The third kappa shape index (κ3) is 1.95. The first-order valence-electron chi connectivity index (χ1n) is 5.50. The molecule has 2 rings (SSSR count). The molecule has 0 spiro atoms. The highest BCUT2D eigenvalue weighted by Gasteiger charge is 2.20. The normalized spacial score (nSPS) is 20.5. The lowest BCUT2D eigenvalue weighted by molar-refractivity contribution is 0.497. The minimum Gasteiger partial charge on any atom is -0.320 e. The molecule has 76 valence electrons. The largest absolute Gasteiger partial charge is 0.320 e. The number of hydrogen-bond acceptors (Lipinski definition) is 2. The van der Waals surface area contributed by atoms with E-state index < -0.39 is 0 Å². The van der Waals surface area contributed by atoms with Gasteiger partial charge >= 0.3 is 0 Å². The van der Waals surface area contributed by atoms with Crippen LogP contribution >= 0.6 is 0 Å². The number of aromatic nitrogens is 1. The number of hydrogen-bond donors (Lipinski definition) is 1. The molecule has 0 radical (unpaired) electrons. The van der Waals surface area contributed by atoms with Crippen LogP contribution in [-0.4, -0.2) is 18.6 Å². The Bertz CT molecular complexity index is 296. The molecular formula is C12H18N2. The van der Waals surface area contributed by atoms with Crippen molar-refractivity contribution in [3.05, 3.63) is 29.6 Å². The molecule has 1 atom stereocenters. The summed E-state index contributed by atoms with van der Waals surface area (Å²) >= 11 is 0. The zero-order valence-corrected chi connectivity index (χ0v) is 8.79. The van der Waals surface area contributed by atoms with Gasteiger partial charge in [-0.05, 0) is 50.9 Å². The summed E-state index contributed by atoms with van der Waals surface area (Å²) in [4.78, 5) is 4.53. The van der Waals surface area contributed by atoms with Crippen LogP contribution in [0.5, 0.6) is 0 Å². The fraction of sp³-hybridized carbons (Fsp3) is 0.583. The molecule has 0 saturated carbocycles. The lowest BCUT2D eigenvalue weighted by Gasteiger charge is -2.23. The van der Waals surface area contributed by atoms with Crippen LogP contribution in [0.4, 0.5) is 0 Å². The summed E-state index contributed by atoms with van der Waals surface area (Å²) in [5, 5.41) is 3.22. The van der Waals surface area contributed by atoms with E-state index in [4.69, 9.17) is 0 Å². The van der Waals surface area contributed by atoms with Gasteiger partial charge < -0.3 is 5.32 Å². The number of pyridine rings is 1. The molecular weight excluding hydrogens is 172 g/mol. The molecule has 1 aliphatic carbocycles. The van der Waals surface area contributed by atoms with Gasteiger partial charge in [0.05, 0.1) is 0 Å². The molecule has 0 aromatic carbocycles. The van der Waals surface area contributed by atoms with E-state index in [9.17, 15) is 0 Å². The van der Waals surface area contributed by atoms with E-state index in [0.717, 1.165) is 6.54 Å². The average molecular weight is 190 g/mol. The topological polar surface area (TPSA) is 24.9 Å². The van der Waals surface area contributed by atoms with Gasteiger partial charge in [0.25, 0.3) is 0 Å². The van der Waals surface area contributed by atoms with Gasteiger partial charge in [-0.2, -0.15) is 0 Å². The van der Waals surface area contributed by atoms with Crippen LogP contribution in [0.25, 0.3) is 0 Å². The minimum atomic E-state index is 0.687. The summed E-state index contributed by atoms with van der Waals surface area (Å²) in [7, 11) is 2.02. The van der Waals surface area contributed by atoms with Gasteiger partial charge in [0.15, 0.2) is 0 Å². The molecule has 0 bridgehead atoms. The minimum absolute atomic E-state index is 0.687. The lowest BCUT2D eigenvalue weighted by atomic mass is 9.85. The van der Waals surface area contributed by atoms with Crippen LogP contribution in [0.1, 0.15) is 36.4 Å². The van der Waals surface area contributed by atoms with Gasteiger partial charge in [0.2, 0.25) is 0 Å². The fourth-order valence-corrected chi connectivity index (χ4v) is 2.31. The van der Waals surface area contributed by atoms with E-state index in [1.165, 1.54) is 36.9 Å². The Hall–Kier alpha value is -0.890. The fourth-order valence-electron chi connectivity index (χ4n) is 2.31. The van der Waals surface area contributed by atoms with E-state index >= 15 is 0 Å². The van der Waals surface area contributed by atoms with E-state index in [1.54, 1.807) is 0 Å². The standard InChI is InChI=1S/C12H18N2/c1-13-9-7-11-5-2-4-10-6-3-8-14-12(10)11/h3,6,8,11,13H,2,4-5,7,9H2,1H3. The van der Waals surface area contributed by atoms with Crippen molar-refractivity contribution in [3.63, 3.8) is 0 Å². The monoisotopic (exact) mass is 190 g/mol. The zero-order valence-electron chi connectivity index (χ0n) is 8.79. The SMILES string of the molecule is CNCCC1CCCc2cccnc21. The number of fused-ring (bicyclic) bond motifs is 1. The highest BCUT2D eigenvalue weighted by atomic mass is 14.8. The molecule has 14 heavy (non-hydrogen) atoms. The Morgan fingerprint density at radius 1 is 1.57 bits per heavy atom. The molecule has 2 nitrogen and oxygen atoms in total. The Kier molecular flexibility index (Phi) is 3.14. The summed E-state index contributed by atoms with van der Waals surface area (Å²) in [5.41, 5.74) is 2.83. The second-order valence-electron chi connectivity index (χ2n) is 4.03. The van der Waals surface area contributed by atoms with Crippen LogP contribution in [0.15, 0.2) is 18.3 Å². The van der Waals surface area contributed by atoms with Crippen molar-refractivity contribution in [2.45, 2.75) is 31.6 Å². The van der Waals surface area contributed by atoms with Crippen molar-refractivity contribution >= 4 is 0 Å². The summed E-state index contributed by atoms with van der Waals surface area (Å²) < 4.78 is 0. The highest BCUT2D eigenvalue weighted by Crippen LogP contribution is 2.31. The van der Waals surface area contributed by atoms with Crippen LogP contribution in [0, 0.1) is 0 Å². The van der Waals surface area contributed by atoms with Crippen molar-refractivity contribution in [1.29, 1.82) is 0 Å². The van der Waals surface area contributed by atoms with Crippen molar-refractivity contribution in [2.24, 2.45) is 0 Å². The van der Waals surface area contributed by atoms with Crippen LogP contribution < -0.4 is 5.32 Å². The van der Waals surface area contributed by atoms with Crippen LogP contribution in [0.2, 0.25) is 0 Å². The van der Waals surface area contributed by atoms with Crippen LogP contribution in [-0.2, 0) is 6.42 Å². The van der Waals surface area contributed by atoms with Gasteiger partial charge in [-0.3, -0.25) is 4.98 Å². The van der Waals surface area contributed by atoms with Crippen molar-refractivity contribution < 1.29 is 0 Å². The third-order valence-corrected chi connectivity index (χ3v) is 3.05. The van der Waals surface area contributed by atoms with Gasteiger partial charge in [-0.25, -0.2) is 0 Å². The first-order valence-corrected chi connectivity index (χ1v) is 5.50. The Morgan fingerprint density at radius 2 is 2.50 bits per heavy atom. The molecule has 1 heterocycles. The molecule has 1 aromatic rings. The van der Waals surface area contributed by atoms with Crippen molar-refractivity contribution in [3.8, 4) is 0 Å². The smallest absolute Gasteiger partial charge is 0.0466 e. The first-order chi connectivity index (χ1) is 6.92. The second kappa shape index (κ2) is 4.56. The Morgan fingerprint density at radius 3 is 3.36 bits per heavy atom. The van der Waals surface area contributed by atoms with Gasteiger partial charge in [0, 0.05) is 17.8 Å². The van der Waals surface area contributed by atoms with Crippen molar-refractivity contribution in [2.75, 3.05) is 13.6 Å². The van der Waals surface area contributed by atoms with Gasteiger partial charge in [-0.15, -0.1) is 0 Å². The molecule has 1 aliphatic rings. The summed E-state index contributed by atoms with van der Waals surface area (Å²) in [6.45, 7) is 1.10. The van der Waals surface area contributed by atoms with Crippen LogP contribution in [0.3, 0.4) is 0 Å².